The summed E-state index contributed by atoms with van der Waals surface area (Å²) in [5.41, 5.74) is -0.835. The Kier molecular flexibility index (Phi) is 4.45. The zero-order valence-electron chi connectivity index (χ0n) is 12.1. The van der Waals surface area contributed by atoms with Gasteiger partial charge in [-0.3, -0.25) is 0 Å². The summed E-state index contributed by atoms with van der Waals surface area (Å²) in [7, 11) is 0. The van der Waals surface area contributed by atoms with Crippen LogP contribution in [0.3, 0.4) is 0 Å². The number of halogens is 4. The molecule has 0 aromatic carbocycles. The molecule has 1 fully saturated rings. The molecule has 0 aliphatic carbocycles. The number of aromatic amines is 1. The van der Waals surface area contributed by atoms with Gasteiger partial charge in [0.2, 0.25) is 0 Å². The number of imidazole rings is 1. The standard InChI is InChI=1S/C14H15ClF3N5/c15-11-5-9(14(16,17)18)6-22-13(11)23-4-1-10(8-23)21-7-12-19-2-3-20-12/h2-3,5-6,10,21H,1,4,7-8H2,(H,19,20)/t10-/m1/s1. The normalized spacial score (nSPS) is 18.6. The van der Waals surface area contributed by atoms with Gasteiger partial charge in [0.1, 0.15) is 11.6 Å². The third-order valence-corrected chi connectivity index (χ3v) is 4.03. The summed E-state index contributed by atoms with van der Waals surface area (Å²) in [6, 6.07) is 1.13. The van der Waals surface area contributed by atoms with Gasteiger partial charge in [-0.05, 0) is 12.5 Å². The van der Waals surface area contributed by atoms with Crippen molar-refractivity contribution in [1.29, 1.82) is 0 Å². The van der Waals surface area contributed by atoms with Crippen LogP contribution in [0.25, 0.3) is 0 Å². The summed E-state index contributed by atoms with van der Waals surface area (Å²) < 4.78 is 37.9. The first-order chi connectivity index (χ1) is 10.9. The van der Waals surface area contributed by atoms with Gasteiger partial charge in [-0.25, -0.2) is 9.97 Å². The van der Waals surface area contributed by atoms with Crippen molar-refractivity contribution in [2.45, 2.75) is 25.2 Å². The molecule has 1 saturated heterocycles. The minimum atomic E-state index is -4.44. The van der Waals surface area contributed by atoms with Crippen LogP contribution in [0.2, 0.25) is 5.02 Å². The maximum atomic E-state index is 12.6. The lowest BCUT2D eigenvalue weighted by Gasteiger charge is -2.20. The molecule has 124 valence electrons. The summed E-state index contributed by atoms with van der Waals surface area (Å²) in [4.78, 5) is 12.9. The third kappa shape index (κ3) is 3.76. The predicted octanol–water partition coefficient (Wildman–Crippen LogP) is 2.85. The molecule has 2 N–H and O–H groups in total. The molecule has 1 aliphatic heterocycles. The second-order valence-corrected chi connectivity index (χ2v) is 5.78. The fourth-order valence-electron chi connectivity index (χ4n) is 2.57. The zero-order valence-corrected chi connectivity index (χ0v) is 12.8. The highest BCUT2D eigenvalue weighted by Gasteiger charge is 2.32. The Bertz CT molecular complexity index is 659. The van der Waals surface area contributed by atoms with E-state index in [9.17, 15) is 13.2 Å². The van der Waals surface area contributed by atoms with Crippen molar-refractivity contribution in [3.8, 4) is 0 Å². The fourth-order valence-corrected chi connectivity index (χ4v) is 2.86. The third-order valence-electron chi connectivity index (χ3n) is 3.75. The first kappa shape index (κ1) is 16.1. The summed E-state index contributed by atoms with van der Waals surface area (Å²) in [5, 5.41) is 3.37. The zero-order chi connectivity index (χ0) is 16.4. The molecule has 3 rings (SSSR count). The molecule has 23 heavy (non-hydrogen) atoms. The molecule has 0 saturated carbocycles. The van der Waals surface area contributed by atoms with Crippen LogP contribution in [0.4, 0.5) is 19.0 Å². The Labute approximate surface area is 135 Å². The van der Waals surface area contributed by atoms with Gasteiger partial charge in [0, 0.05) is 37.7 Å². The monoisotopic (exact) mass is 345 g/mol. The number of hydrogen-bond acceptors (Lipinski definition) is 4. The highest BCUT2D eigenvalue weighted by Crippen LogP contribution is 2.34. The molecule has 2 aromatic rings. The van der Waals surface area contributed by atoms with Gasteiger partial charge in [-0.15, -0.1) is 0 Å². The highest BCUT2D eigenvalue weighted by molar-refractivity contribution is 6.33. The number of hydrogen-bond donors (Lipinski definition) is 2. The summed E-state index contributed by atoms with van der Waals surface area (Å²) in [6.07, 6.45) is 0.686. The van der Waals surface area contributed by atoms with Crippen molar-refractivity contribution in [2.75, 3.05) is 18.0 Å². The van der Waals surface area contributed by atoms with Crippen LogP contribution in [0, 0.1) is 0 Å². The SMILES string of the molecule is FC(F)(F)c1cnc(N2CC[C@@H](NCc3ncc[nH]3)C2)c(Cl)c1. The molecule has 0 amide bonds. The molecule has 0 bridgehead atoms. The van der Waals surface area contributed by atoms with Crippen molar-refractivity contribution < 1.29 is 13.2 Å². The molecule has 1 aliphatic rings. The van der Waals surface area contributed by atoms with E-state index in [1.165, 1.54) is 0 Å². The van der Waals surface area contributed by atoms with E-state index in [0.717, 1.165) is 24.5 Å². The van der Waals surface area contributed by atoms with Crippen molar-refractivity contribution in [3.63, 3.8) is 0 Å². The Morgan fingerprint density at radius 3 is 2.87 bits per heavy atom. The van der Waals surface area contributed by atoms with Crippen LogP contribution in [0.15, 0.2) is 24.7 Å². The van der Waals surface area contributed by atoms with Gasteiger partial charge in [-0.2, -0.15) is 13.2 Å². The van der Waals surface area contributed by atoms with Gasteiger partial charge in [0.25, 0.3) is 0 Å². The smallest absolute Gasteiger partial charge is 0.354 e. The van der Waals surface area contributed by atoms with Gasteiger partial charge in [0.15, 0.2) is 0 Å². The summed E-state index contributed by atoms with van der Waals surface area (Å²) >= 11 is 5.98. The lowest BCUT2D eigenvalue weighted by molar-refractivity contribution is -0.137. The van der Waals surface area contributed by atoms with Crippen LogP contribution < -0.4 is 10.2 Å². The highest BCUT2D eigenvalue weighted by atomic mass is 35.5. The van der Waals surface area contributed by atoms with E-state index in [-0.39, 0.29) is 11.1 Å². The maximum absolute atomic E-state index is 12.6. The minimum Gasteiger partial charge on any atom is -0.354 e. The average Bonchev–Trinajstić information content (AvgIpc) is 3.15. The minimum absolute atomic E-state index is 0.0199. The Hall–Kier alpha value is -1.80. The molecule has 0 unspecified atom stereocenters. The largest absolute Gasteiger partial charge is 0.417 e. The van der Waals surface area contributed by atoms with Crippen LogP contribution in [0.1, 0.15) is 17.8 Å². The number of nitrogens with one attached hydrogen (secondary N) is 2. The second-order valence-electron chi connectivity index (χ2n) is 5.38. The average molecular weight is 346 g/mol. The van der Waals surface area contributed by atoms with Crippen molar-refractivity contribution in [3.05, 3.63) is 41.1 Å². The Morgan fingerprint density at radius 2 is 2.22 bits per heavy atom. The maximum Gasteiger partial charge on any atom is 0.417 e. The number of rotatable bonds is 4. The van der Waals surface area contributed by atoms with Crippen LogP contribution in [0.5, 0.6) is 0 Å². The van der Waals surface area contributed by atoms with Crippen LogP contribution >= 0.6 is 11.6 Å². The molecule has 3 heterocycles. The summed E-state index contributed by atoms with van der Waals surface area (Å²) in [5.74, 6) is 1.23. The van der Waals surface area contributed by atoms with Gasteiger partial charge >= 0.3 is 6.18 Å². The van der Waals surface area contributed by atoms with Crippen molar-refractivity contribution in [1.82, 2.24) is 20.3 Å². The molecular formula is C14H15ClF3N5. The first-order valence-corrected chi connectivity index (χ1v) is 7.50. The number of pyridine rings is 1. The molecule has 9 heteroatoms. The van der Waals surface area contributed by atoms with E-state index in [4.69, 9.17) is 11.6 Å². The van der Waals surface area contributed by atoms with Crippen LogP contribution in [-0.4, -0.2) is 34.1 Å². The number of aromatic nitrogens is 3. The number of anilines is 1. The van der Waals surface area contributed by atoms with E-state index >= 15 is 0 Å². The number of nitrogens with zero attached hydrogens (tertiary/aromatic N) is 3. The summed E-state index contributed by atoms with van der Waals surface area (Å²) in [6.45, 7) is 1.94. The lowest BCUT2D eigenvalue weighted by atomic mass is 10.2. The van der Waals surface area contributed by atoms with E-state index in [1.54, 1.807) is 12.4 Å². The van der Waals surface area contributed by atoms with Gasteiger partial charge in [-0.1, -0.05) is 11.6 Å². The van der Waals surface area contributed by atoms with Gasteiger partial charge in [0.05, 0.1) is 17.1 Å². The predicted molar refractivity (Wildman–Crippen MR) is 80.3 cm³/mol. The molecule has 1 atom stereocenters. The van der Waals surface area contributed by atoms with E-state index in [0.29, 0.717) is 25.5 Å². The molecule has 2 aromatic heterocycles. The topological polar surface area (TPSA) is 56.8 Å². The van der Waals surface area contributed by atoms with Crippen molar-refractivity contribution in [2.24, 2.45) is 0 Å². The quantitative estimate of drug-likeness (QED) is 0.894. The van der Waals surface area contributed by atoms with Crippen LogP contribution in [-0.2, 0) is 12.7 Å². The lowest BCUT2D eigenvalue weighted by Crippen LogP contribution is -2.32. The Morgan fingerprint density at radius 1 is 1.39 bits per heavy atom. The van der Waals surface area contributed by atoms with Gasteiger partial charge < -0.3 is 15.2 Å². The van der Waals surface area contributed by atoms with E-state index in [1.807, 2.05) is 4.90 Å². The number of alkyl halides is 3. The molecule has 0 radical (unpaired) electrons. The van der Waals surface area contributed by atoms with E-state index < -0.39 is 11.7 Å². The molecule has 0 spiro atoms. The Balaban J connectivity index is 1.62. The molecular weight excluding hydrogens is 331 g/mol. The fraction of sp³-hybridized carbons (Fsp3) is 0.429. The van der Waals surface area contributed by atoms with Crippen molar-refractivity contribution >= 4 is 17.4 Å². The first-order valence-electron chi connectivity index (χ1n) is 7.13. The van der Waals surface area contributed by atoms with E-state index in [2.05, 4.69) is 20.3 Å². The second kappa shape index (κ2) is 6.37. The molecule has 5 nitrogen and oxygen atoms in total. The number of H-pyrrole nitrogens is 1.